The lowest BCUT2D eigenvalue weighted by atomic mass is 9.97. The Bertz CT molecular complexity index is 732. The van der Waals surface area contributed by atoms with Gasteiger partial charge in [-0.15, -0.1) is 0 Å². The van der Waals surface area contributed by atoms with E-state index < -0.39 is 23.9 Å². The fourth-order valence-corrected chi connectivity index (χ4v) is 3.09. The van der Waals surface area contributed by atoms with Crippen LogP contribution in [0.5, 0.6) is 0 Å². The van der Waals surface area contributed by atoms with Gasteiger partial charge in [-0.05, 0) is 23.2 Å². The van der Waals surface area contributed by atoms with Crippen molar-refractivity contribution in [2.24, 2.45) is 0 Å². The monoisotopic (exact) mass is 356 g/mol. The summed E-state index contributed by atoms with van der Waals surface area (Å²) in [7, 11) is 3.52. The van der Waals surface area contributed by atoms with Gasteiger partial charge in [0.25, 0.3) is 5.95 Å². The van der Waals surface area contributed by atoms with Crippen molar-refractivity contribution < 1.29 is 22.8 Å². The highest BCUT2D eigenvalue weighted by Gasteiger charge is 2.40. The van der Waals surface area contributed by atoms with Crippen molar-refractivity contribution in [3.8, 4) is 0 Å². The molecule has 1 N–H and O–H groups in total. The zero-order valence-corrected chi connectivity index (χ0v) is 13.9. The van der Waals surface area contributed by atoms with Gasteiger partial charge in [0.05, 0.1) is 18.2 Å². The van der Waals surface area contributed by atoms with E-state index in [9.17, 15) is 18.3 Å². The number of aliphatic hydroxyl groups excluding tert-OH is 1. The molecule has 2 atom stereocenters. The molecule has 6 nitrogen and oxygen atoms in total. The Morgan fingerprint density at radius 1 is 1.32 bits per heavy atom. The first-order valence-corrected chi connectivity index (χ1v) is 7.84. The number of nitrogens with zero attached hydrogens (tertiary/aromatic N) is 4. The second-order valence-corrected chi connectivity index (χ2v) is 6.30. The van der Waals surface area contributed by atoms with E-state index in [1.165, 1.54) is 12.1 Å². The molecule has 0 radical (unpaired) electrons. The van der Waals surface area contributed by atoms with E-state index in [2.05, 4.69) is 10.1 Å². The third-order valence-corrected chi connectivity index (χ3v) is 4.20. The number of anilines is 1. The van der Waals surface area contributed by atoms with Crippen molar-refractivity contribution in [3.05, 3.63) is 41.3 Å². The molecular formula is C16H19F3N4O2. The number of hydrogen-bond acceptors (Lipinski definition) is 6. The molecule has 2 heterocycles. The molecule has 0 unspecified atom stereocenters. The van der Waals surface area contributed by atoms with E-state index in [0.29, 0.717) is 11.8 Å². The number of likely N-dealkylation sites (tertiary alicyclic amines) is 1. The molecule has 136 valence electrons. The number of aliphatic hydroxyl groups is 1. The number of β-amino-alcohol motifs (C(OH)–C–C–N with tert-alkyl or cyclic N) is 1. The van der Waals surface area contributed by atoms with Crippen LogP contribution in [0.4, 0.5) is 19.1 Å². The number of halogens is 3. The Morgan fingerprint density at radius 2 is 2.04 bits per heavy atom. The first kappa shape index (κ1) is 17.7. The fourth-order valence-electron chi connectivity index (χ4n) is 3.09. The largest absolute Gasteiger partial charge is 0.416 e. The average molecular weight is 356 g/mol. The highest BCUT2D eigenvalue weighted by molar-refractivity contribution is 5.33. The van der Waals surface area contributed by atoms with Crippen molar-refractivity contribution in [1.29, 1.82) is 0 Å². The maximum Gasteiger partial charge on any atom is 0.416 e. The zero-order chi connectivity index (χ0) is 18.2. The fraction of sp³-hybridized carbons (Fsp3) is 0.500. The molecule has 9 heteroatoms. The number of alkyl halides is 3. The minimum Gasteiger partial charge on any atom is -0.392 e. The van der Waals surface area contributed by atoms with Gasteiger partial charge in [-0.25, -0.2) is 0 Å². The van der Waals surface area contributed by atoms with Crippen LogP contribution in [0.2, 0.25) is 0 Å². The van der Waals surface area contributed by atoms with Gasteiger partial charge in [-0.2, -0.15) is 18.2 Å². The Kier molecular flexibility index (Phi) is 4.70. The first-order chi connectivity index (χ1) is 11.8. The molecular weight excluding hydrogens is 337 g/mol. The molecule has 1 fully saturated rings. The molecule has 2 aromatic rings. The van der Waals surface area contributed by atoms with Crippen LogP contribution in [0.3, 0.4) is 0 Å². The van der Waals surface area contributed by atoms with Crippen LogP contribution in [0.25, 0.3) is 0 Å². The van der Waals surface area contributed by atoms with Crippen molar-refractivity contribution in [3.63, 3.8) is 0 Å². The topological polar surface area (TPSA) is 65.6 Å². The van der Waals surface area contributed by atoms with Crippen LogP contribution in [0.15, 0.2) is 28.8 Å². The predicted molar refractivity (Wildman–Crippen MR) is 83.8 cm³/mol. The molecule has 1 aliphatic heterocycles. The van der Waals surface area contributed by atoms with E-state index in [-0.39, 0.29) is 25.1 Å². The lowest BCUT2D eigenvalue weighted by Gasteiger charge is -2.25. The van der Waals surface area contributed by atoms with Gasteiger partial charge < -0.3 is 14.5 Å². The van der Waals surface area contributed by atoms with Crippen molar-refractivity contribution in [2.75, 3.05) is 25.5 Å². The van der Waals surface area contributed by atoms with Crippen LogP contribution in [-0.2, 0) is 12.7 Å². The summed E-state index contributed by atoms with van der Waals surface area (Å²) in [5.41, 5.74) is -0.530. The summed E-state index contributed by atoms with van der Waals surface area (Å²) < 4.78 is 45.1. The molecule has 0 saturated carbocycles. The van der Waals surface area contributed by atoms with Crippen LogP contribution in [-0.4, -0.2) is 46.9 Å². The van der Waals surface area contributed by atoms with Crippen molar-refractivity contribution >= 4 is 5.95 Å². The third-order valence-electron chi connectivity index (χ3n) is 4.20. The molecule has 1 aromatic carbocycles. The highest BCUT2D eigenvalue weighted by Crippen LogP contribution is 2.40. The Balaban J connectivity index is 1.87. The van der Waals surface area contributed by atoms with Gasteiger partial charge in [0.1, 0.15) is 0 Å². The van der Waals surface area contributed by atoms with Gasteiger partial charge >= 0.3 is 6.18 Å². The summed E-state index contributed by atoms with van der Waals surface area (Å²) in [5, 5.41) is 13.8. The molecule has 1 aromatic heterocycles. The lowest BCUT2D eigenvalue weighted by molar-refractivity contribution is -0.138. The minimum atomic E-state index is -4.45. The van der Waals surface area contributed by atoms with Crippen LogP contribution in [0, 0.1) is 0 Å². The number of rotatable bonds is 4. The molecule has 0 spiro atoms. The van der Waals surface area contributed by atoms with E-state index in [0.717, 1.165) is 6.07 Å². The number of benzene rings is 1. The van der Waals surface area contributed by atoms with Crippen molar-refractivity contribution in [2.45, 2.75) is 31.3 Å². The average Bonchev–Trinajstić information content (AvgIpc) is 3.14. The summed E-state index contributed by atoms with van der Waals surface area (Å²) >= 11 is 0. The number of hydrogen-bond donors (Lipinski definition) is 1. The summed E-state index contributed by atoms with van der Waals surface area (Å²) in [6.45, 7) is 0.422. The van der Waals surface area contributed by atoms with E-state index in [1.807, 2.05) is 0 Å². The predicted octanol–water partition coefficient (Wildman–Crippen LogP) is 2.46. The molecule has 0 amide bonds. The normalized spacial score (nSPS) is 21.7. The summed E-state index contributed by atoms with van der Waals surface area (Å²) in [6.07, 6.45) is -4.93. The van der Waals surface area contributed by atoms with Crippen LogP contribution < -0.4 is 4.90 Å². The van der Waals surface area contributed by atoms with Crippen LogP contribution >= 0.6 is 0 Å². The lowest BCUT2D eigenvalue weighted by Crippen LogP contribution is -2.26. The quantitative estimate of drug-likeness (QED) is 0.908. The Morgan fingerprint density at radius 3 is 2.68 bits per heavy atom. The second-order valence-electron chi connectivity index (χ2n) is 6.30. The number of aromatic nitrogens is 2. The minimum absolute atomic E-state index is 0.152. The first-order valence-electron chi connectivity index (χ1n) is 7.84. The van der Waals surface area contributed by atoms with Gasteiger partial charge in [0.2, 0.25) is 5.89 Å². The van der Waals surface area contributed by atoms with E-state index in [4.69, 9.17) is 4.52 Å². The van der Waals surface area contributed by atoms with Gasteiger partial charge in [-0.1, -0.05) is 18.2 Å². The zero-order valence-electron chi connectivity index (χ0n) is 13.9. The maximum atomic E-state index is 13.3. The van der Waals surface area contributed by atoms with Crippen molar-refractivity contribution in [1.82, 2.24) is 15.0 Å². The van der Waals surface area contributed by atoms with E-state index >= 15 is 0 Å². The summed E-state index contributed by atoms with van der Waals surface area (Å²) in [5.74, 6) is 0.689. The summed E-state index contributed by atoms with van der Waals surface area (Å²) in [4.78, 5) is 7.61. The molecule has 1 saturated heterocycles. The molecule has 0 aliphatic carbocycles. The Hall–Kier alpha value is -2.13. The molecule has 25 heavy (non-hydrogen) atoms. The maximum absolute atomic E-state index is 13.3. The Labute approximate surface area is 142 Å². The smallest absolute Gasteiger partial charge is 0.392 e. The third kappa shape index (κ3) is 3.77. The van der Waals surface area contributed by atoms with E-state index in [1.54, 1.807) is 30.0 Å². The molecule has 0 bridgehead atoms. The van der Waals surface area contributed by atoms with Gasteiger partial charge in [0.15, 0.2) is 0 Å². The molecule has 1 aliphatic rings. The highest BCUT2D eigenvalue weighted by atomic mass is 19.4. The van der Waals surface area contributed by atoms with Gasteiger partial charge in [0, 0.05) is 26.7 Å². The standard InChI is InChI=1S/C16H19F3N4O2/c1-22(2)15-20-14(25-21-15)9-23-8-10(24)7-13(23)11-5-3-4-6-12(11)16(17,18)19/h3-6,10,13,24H,7-9H2,1-2H3/t10-,13-/m1/s1. The summed E-state index contributed by atoms with van der Waals surface area (Å²) in [6, 6.07) is 4.89. The van der Waals surface area contributed by atoms with Crippen LogP contribution in [0.1, 0.15) is 29.5 Å². The SMILES string of the molecule is CN(C)c1noc(CN2C[C@H](O)C[C@@H]2c2ccccc2C(F)(F)F)n1. The van der Waals surface area contributed by atoms with Gasteiger partial charge in [-0.3, -0.25) is 4.90 Å². The molecule has 3 rings (SSSR count). The second kappa shape index (κ2) is 6.64.